The van der Waals surface area contributed by atoms with Crippen molar-refractivity contribution >= 4 is 50.2 Å². The fourth-order valence-corrected chi connectivity index (χ4v) is 4.84. The maximum absolute atomic E-state index is 11.3. The Morgan fingerprint density at radius 1 is 0.815 bits per heavy atom. The molecule has 0 radical (unpaired) electrons. The number of benzene rings is 1. The van der Waals surface area contributed by atoms with Gasteiger partial charge in [-0.15, -0.1) is 33.2 Å². The zero-order valence-corrected chi connectivity index (χ0v) is 18.8. The lowest BCUT2D eigenvalue weighted by Crippen LogP contribution is -2.07. The molecule has 0 fully saturated rings. The minimum Gasteiger partial charge on any atom is -0.493 e. The molecule has 1 aromatic carbocycles. The van der Waals surface area contributed by atoms with E-state index in [1.165, 1.54) is 51.0 Å². The van der Waals surface area contributed by atoms with Gasteiger partial charge in [-0.3, -0.25) is 0 Å². The third-order valence-corrected chi connectivity index (χ3v) is 7.09. The van der Waals surface area contributed by atoms with Crippen molar-refractivity contribution < 1.29 is 9.15 Å². The summed E-state index contributed by atoms with van der Waals surface area (Å²) in [5.41, 5.74) is 0.225. The van der Waals surface area contributed by atoms with Crippen LogP contribution in [0.4, 0.5) is 0 Å². The van der Waals surface area contributed by atoms with Crippen molar-refractivity contribution in [2.24, 2.45) is 0 Å². The van der Waals surface area contributed by atoms with E-state index in [0.717, 1.165) is 30.0 Å². The standard InChI is InChI=1S/C20H27Cl3O3Si/c21-27(22,23)15-9-7-5-3-1-2-4-6-8-14-25-18-12-10-17-11-13-20(24)26-19(17)16-18/h10-13,16H,1-9,14-15H2. The Labute approximate surface area is 176 Å². The Kier molecular flexibility index (Phi) is 10.0. The molecule has 0 amide bonds. The third-order valence-electron chi connectivity index (χ3n) is 4.47. The second kappa shape index (κ2) is 12.0. The highest BCUT2D eigenvalue weighted by Crippen LogP contribution is 2.27. The van der Waals surface area contributed by atoms with Crippen LogP contribution < -0.4 is 10.4 Å². The van der Waals surface area contributed by atoms with E-state index >= 15 is 0 Å². The van der Waals surface area contributed by atoms with E-state index in [2.05, 4.69) is 0 Å². The first-order valence-electron chi connectivity index (χ1n) is 9.67. The second-order valence-corrected chi connectivity index (χ2v) is 16.1. The zero-order chi connectivity index (χ0) is 19.5. The molecular formula is C20H27Cl3O3Si. The van der Waals surface area contributed by atoms with Gasteiger partial charge in [0.2, 0.25) is 0 Å². The first-order valence-corrected chi connectivity index (χ1v) is 14.9. The molecular weight excluding hydrogens is 423 g/mol. The van der Waals surface area contributed by atoms with Crippen LogP contribution in [0.15, 0.2) is 39.5 Å². The van der Waals surface area contributed by atoms with Crippen LogP contribution in [0.3, 0.4) is 0 Å². The second-order valence-electron chi connectivity index (χ2n) is 6.85. The smallest absolute Gasteiger partial charge is 0.341 e. The molecule has 0 atom stereocenters. The Bertz CT molecular complexity index is 743. The third kappa shape index (κ3) is 9.88. The Hall–Kier alpha value is -0.683. The number of ether oxygens (including phenoxy) is 1. The SMILES string of the molecule is O=c1ccc2ccc(OCCCCCCCCCCC[Si](Cl)(Cl)Cl)cc2o1. The van der Waals surface area contributed by atoms with E-state index < -0.39 is 6.00 Å². The van der Waals surface area contributed by atoms with Gasteiger partial charge in [-0.1, -0.05) is 51.4 Å². The first-order chi connectivity index (χ1) is 12.9. The van der Waals surface area contributed by atoms with Crippen LogP contribution in [-0.2, 0) is 0 Å². The largest absolute Gasteiger partial charge is 0.493 e. The summed E-state index contributed by atoms with van der Waals surface area (Å²) in [6.07, 6.45) is 10.7. The van der Waals surface area contributed by atoms with Crippen LogP contribution in [0, 0.1) is 0 Å². The molecule has 0 N–H and O–H groups in total. The highest BCUT2D eigenvalue weighted by molar-refractivity contribution is 7.64. The van der Waals surface area contributed by atoms with Crippen molar-refractivity contribution in [3.63, 3.8) is 0 Å². The van der Waals surface area contributed by atoms with E-state index in [0.29, 0.717) is 12.2 Å². The van der Waals surface area contributed by atoms with Crippen molar-refractivity contribution in [1.82, 2.24) is 0 Å². The monoisotopic (exact) mass is 448 g/mol. The molecule has 0 bridgehead atoms. The predicted octanol–water partition coefficient (Wildman–Crippen LogP) is 7.34. The van der Waals surface area contributed by atoms with Crippen LogP contribution in [0.1, 0.15) is 57.8 Å². The van der Waals surface area contributed by atoms with Crippen molar-refractivity contribution in [3.8, 4) is 5.75 Å². The van der Waals surface area contributed by atoms with Gasteiger partial charge in [0, 0.05) is 17.5 Å². The summed E-state index contributed by atoms with van der Waals surface area (Å²) < 4.78 is 10.9. The molecule has 0 spiro atoms. The van der Waals surface area contributed by atoms with E-state index in [4.69, 9.17) is 42.4 Å². The van der Waals surface area contributed by atoms with E-state index in [1.807, 2.05) is 12.1 Å². The van der Waals surface area contributed by atoms with Gasteiger partial charge in [0.1, 0.15) is 11.3 Å². The maximum atomic E-state index is 11.3. The highest BCUT2D eigenvalue weighted by atomic mass is 35.8. The van der Waals surface area contributed by atoms with Gasteiger partial charge in [0.05, 0.1) is 6.61 Å². The van der Waals surface area contributed by atoms with E-state index in [1.54, 1.807) is 12.1 Å². The van der Waals surface area contributed by atoms with Gasteiger partial charge in [0.15, 0.2) is 0 Å². The molecule has 2 aromatic rings. The quantitative estimate of drug-likeness (QED) is 0.139. The summed E-state index contributed by atoms with van der Waals surface area (Å²) in [5, 5.41) is 0.899. The zero-order valence-electron chi connectivity index (χ0n) is 15.5. The average Bonchev–Trinajstić information content (AvgIpc) is 2.61. The summed E-state index contributed by atoms with van der Waals surface area (Å²) in [7, 11) is 0. The van der Waals surface area contributed by atoms with Crippen molar-refractivity contribution in [2.45, 2.75) is 63.8 Å². The average molecular weight is 450 g/mol. The van der Waals surface area contributed by atoms with Gasteiger partial charge in [0.25, 0.3) is 0 Å². The van der Waals surface area contributed by atoms with Gasteiger partial charge in [-0.05, 0) is 30.7 Å². The van der Waals surface area contributed by atoms with E-state index in [-0.39, 0.29) is 5.63 Å². The van der Waals surface area contributed by atoms with Gasteiger partial charge >= 0.3 is 11.6 Å². The highest BCUT2D eigenvalue weighted by Gasteiger charge is 2.23. The molecule has 1 aromatic heterocycles. The maximum Gasteiger partial charge on any atom is 0.341 e. The normalized spacial score (nSPS) is 11.8. The molecule has 0 aliphatic rings. The summed E-state index contributed by atoms with van der Waals surface area (Å²) in [6.45, 7) is 0.684. The molecule has 150 valence electrons. The fourth-order valence-electron chi connectivity index (χ4n) is 2.99. The summed E-state index contributed by atoms with van der Waals surface area (Å²) in [4.78, 5) is 11.3. The molecule has 0 saturated heterocycles. The summed E-state index contributed by atoms with van der Waals surface area (Å²) in [5.74, 6) is 0.745. The van der Waals surface area contributed by atoms with Crippen LogP contribution in [0.25, 0.3) is 11.0 Å². The van der Waals surface area contributed by atoms with Gasteiger partial charge < -0.3 is 9.15 Å². The van der Waals surface area contributed by atoms with E-state index in [9.17, 15) is 4.79 Å². The lowest BCUT2D eigenvalue weighted by atomic mass is 10.1. The molecule has 7 heteroatoms. The molecule has 0 unspecified atom stereocenters. The van der Waals surface area contributed by atoms with Crippen molar-refractivity contribution in [3.05, 3.63) is 40.8 Å². The van der Waals surface area contributed by atoms with Crippen LogP contribution in [0.5, 0.6) is 5.75 Å². The molecule has 1 heterocycles. The number of fused-ring (bicyclic) bond motifs is 1. The molecule has 3 nitrogen and oxygen atoms in total. The molecule has 0 aliphatic heterocycles. The number of hydrogen-bond donors (Lipinski definition) is 0. The fraction of sp³-hybridized carbons (Fsp3) is 0.550. The van der Waals surface area contributed by atoms with Crippen LogP contribution >= 0.6 is 33.2 Å². The summed E-state index contributed by atoms with van der Waals surface area (Å²) >= 11 is 17.6. The lowest BCUT2D eigenvalue weighted by Gasteiger charge is -2.07. The van der Waals surface area contributed by atoms with Crippen molar-refractivity contribution in [1.29, 1.82) is 0 Å². The molecule has 27 heavy (non-hydrogen) atoms. The van der Waals surface area contributed by atoms with Crippen LogP contribution in [0.2, 0.25) is 6.04 Å². The minimum absolute atomic E-state index is 0.341. The number of unbranched alkanes of at least 4 members (excludes halogenated alkanes) is 8. The molecule has 0 aliphatic carbocycles. The number of hydrogen-bond acceptors (Lipinski definition) is 3. The topological polar surface area (TPSA) is 39.4 Å². The number of halogens is 3. The summed E-state index contributed by atoms with van der Waals surface area (Å²) in [6, 6.07) is 7.15. The first kappa shape index (κ1) is 22.6. The van der Waals surface area contributed by atoms with Crippen molar-refractivity contribution in [2.75, 3.05) is 6.61 Å². The Morgan fingerprint density at radius 3 is 2.07 bits per heavy atom. The molecule has 0 saturated carbocycles. The van der Waals surface area contributed by atoms with Gasteiger partial charge in [-0.2, -0.15) is 0 Å². The molecule has 2 rings (SSSR count). The minimum atomic E-state index is -2.41. The Morgan fingerprint density at radius 2 is 1.41 bits per heavy atom. The predicted molar refractivity (Wildman–Crippen MR) is 118 cm³/mol. The Balaban J connectivity index is 1.47. The van der Waals surface area contributed by atoms with Gasteiger partial charge in [-0.25, -0.2) is 4.79 Å². The number of rotatable bonds is 13. The lowest BCUT2D eigenvalue weighted by molar-refractivity contribution is 0.304. The van der Waals surface area contributed by atoms with Crippen LogP contribution in [-0.4, -0.2) is 12.6 Å².